The summed E-state index contributed by atoms with van der Waals surface area (Å²) in [6.45, 7) is 3.13. The highest BCUT2D eigenvalue weighted by atomic mass is 32.2. The summed E-state index contributed by atoms with van der Waals surface area (Å²) in [6.07, 6.45) is 1.72. The lowest BCUT2D eigenvalue weighted by Gasteiger charge is -2.06. The molecule has 10 heteroatoms. The van der Waals surface area contributed by atoms with E-state index in [1.54, 1.807) is 35.6 Å². The van der Waals surface area contributed by atoms with Crippen LogP contribution in [0.5, 0.6) is 0 Å². The van der Waals surface area contributed by atoms with E-state index in [1.165, 1.54) is 28.0 Å². The summed E-state index contributed by atoms with van der Waals surface area (Å²) in [4.78, 5) is 25.3. The van der Waals surface area contributed by atoms with Gasteiger partial charge >= 0.3 is 5.97 Å². The second-order valence-electron chi connectivity index (χ2n) is 6.18. The van der Waals surface area contributed by atoms with E-state index in [4.69, 9.17) is 4.74 Å². The molecule has 158 valence electrons. The predicted octanol–water partition coefficient (Wildman–Crippen LogP) is 4.55. The van der Waals surface area contributed by atoms with Gasteiger partial charge in [-0.1, -0.05) is 36.1 Å². The average Bonchev–Trinajstić information content (AvgIpc) is 3.43. The number of esters is 1. The molecule has 0 aliphatic heterocycles. The third-order valence-corrected chi connectivity index (χ3v) is 6.75. The van der Waals surface area contributed by atoms with Crippen LogP contribution in [0, 0.1) is 0 Å². The van der Waals surface area contributed by atoms with Gasteiger partial charge in [-0.15, -0.1) is 21.5 Å². The zero-order valence-corrected chi connectivity index (χ0v) is 18.9. The number of carbonyl (C=O) groups excluding carboxylic acids is 2. The van der Waals surface area contributed by atoms with Crippen LogP contribution in [0.1, 0.15) is 28.6 Å². The Labute approximate surface area is 187 Å². The van der Waals surface area contributed by atoms with E-state index >= 15 is 0 Å². The Balaban J connectivity index is 1.39. The molecule has 0 fully saturated rings. The third kappa shape index (κ3) is 7.12. The predicted molar refractivity (Wildman–Crippen MR) is 123 cm³/mol. The fourth-order valence-electron chi connectivity index (χ4n) is 2.38. The minimum Gasteiger partial charge on any atom is -0.462 e. The fraction of sp³-hybridized carbons (Fsp3) is 0.300. The number of thiophene rings is 1. The second kappa shape index (κ2) is 11.7. The number of carbonyl (C=O) groups is 2. The summed E-state index contributed by atoms with van der Waals surface area (Å²) >= 11 is 4.51. The normalized spacial score (nSPS) is 10.6. The van der Waals surface area contributed by atoms with Crippen LogP contribution < -0.4 is 10.6 Å². The van der Waals surface area contributed by atoms with Crippen molar-refractivity contribution >= 4 is 57.1 Å². The first kappa shape index (κ1) is 22.3. The zero-order chi connectivity index (χ0) is 21.2. The van der Waals surface area contributed by atoms with Crippen molar-refractivity contribution in [3.8, 4) is 0 Å². The number of rotatable bonds is 11. The van der Waals surface area contributed by atoms with Gasteiger partial charge in [0.2, 0.25) is 11.0 Å². The molecule has 3 aromatic rings. The van der Waals surface area contributed by atoms with Crippen molar-refractivity contribution in [1.82, 2.24) is 10.2 Å². The molecule has 0 spiro atoms. The Kier molecular flexibility index (Phi) is 8.66. The van der Waals surface area contributed by atoms with E-state index in [-0.39, 0.29) is 17.6 Å². The highest BCUT2D eigenvalue weighted by Gasteiger charge is 2.10. The molecule has 0 bridgehead atoms. The lowest BCUT2D eigenvalue weighted by molar-refractivity contribution is -0.113. The molecule has 1 amide bonds. The first-order valence-corrected chi connectivity index (χ1v) is 12.1. The van der Waals surface area contributed by atoms with Crippen molar-refractivity contribution in [2.75, 3.05) is 29.5 Å². The van der Waals surface area contributed by atoms with Gasteiger partial charge in [-0.05, 0) is 48.6 Å². The molecule has 0 saturated carbocycles. The van der Waals surface area contributed by atoms with Crippen LogP contribution in [0.3, 0.4) is 0 Å². The van der Waals surface area contributed by atoms with E-state index in [0.717, 1.165) is 28.9 Å². The number of hydrogen-bond acceptors (Lipinski definition) is 9. The number of hydrogen-bond donors (Lipinski definition) is 2. The Morgan fingerprint density at radius 1 is 1.17 bits per heavy atom. The molecule has 30 heavy (non-hydrogen) atoms. The van der Waals surface area contributed by atoms with Crippen LogP contribution in [0.15, 0.2) is 46.1 Å². The van der Waals surface area contributed by atoms with Crippen molar-refractivity contribution < 1.29 is 14.3 Å². The third-order valence-electron chi connectivity index (χ3n) is 3.80. The molecule has 0 saturated heterocycles. The molecule has 3 rings (SSSR count). The molecule has 0 aliphatic carbocycles. The number of amides is 1. The summed E-state index contributed by atoms with van der Waals surface area (Å²) in [7, 11) is 0. The van der Waals surface area contributed by atoms with E-state index < -0.39 is 0 Å². The van der Waals surface area contributed by atoms with Gasteiger partial charge in [-0.3, -0.25) is 4.79 Å². The minimum absolute atomic E-state index is 0.149. The molecular weight excluding hydrogens is 440 g/mol. The Hall–Kier alpha value is -2.43. The summed E-state index contributed by atoms with van der Waals surface area (Å²) in [5, 5.41) is 17.1. The monoisotopic (exact) mass is 462 g/mol. The lowest BCUT2D eigenvalue weighted by Crippen LogP contribution is -2.14. The van der Waals surface area contributed by atoms with Gasteiger partial charge in [-0.2, -0.15) is 0 Å². The van der Waals surface area contributed by atoms with E-state index in [9.17, 15) is 9.59 Å². The molecule has 2 aromatic heterocycles. The number of nitrogens with zero attached hydrogens (tertiary/aromatic N) is 2. The number of aromatic nitrogens is 2. The van der Waals surface area contributed by atoms with Crippen molar-refractivity contribution in [3.63, 3.8) is 0 Å². The maximum atomic E-state index is 12.2. The lowest BCUT2D eigenvalue weighted by atomic mass is 10.2. The summed E-state index contributed by atoms with van der Waals surface area (Å²) in [6, 6.07) is 10.8. The molecule has 0 unspecified atom stereocenters. The molecular formula is C20H22N4O3S3. The first-order valence-electron chi connectivity index (χ1n) is 9.43. The van der Waals surface area contributed by atoms with Gasteiger partial charge in [0, 0.05) is 17.1 Å². The minimum atomic E-state index is -0.360. The van der Waals surface area contributed by atoms with E-state index in [2.05, 4.69) is 32.3 Å². The molecule has 2 heterocycles. The van der Waals surface area contributed by atoms with Crippen LogP contribution in [0.25, 0.3) is 0 Å². The number of anilines is 2. The SMILES string of the molecule is CCCOC(=O)c1ccc(NC(=O)CSc2nnc(NCCc3cccs3)s2)cc1. The number of ether oxygens (including phenoxy) is 1. The molecule has 0 aliphatic rings. The van der Waals surface area contributed by atoms with Gasteiger partial charge in [0.25, 0.3) is 0 Å². The number of benzene rings is 1. The maximum absolute atomic E-state index is 12.2. The summed E-state index contributed by atoms with van der Waals surface area (Å²) < 4.78 is 5.82. The van der Waals surface area contributed by atoms with Crippen LogP contribution in [-0.2, 0) is 16.0 Å². The van der Waals surface area contributed by atoms with Gasteiger partial charge in [0.1, 0.15) is 0 Å². The van der Waals surface area contributed by atoms with Gasteiger partial charge < -0.3 is 15.4 Å². The summed E-state index contributed by atoms with van der Waals surface area (Å²) in [5.74, 6) is -0.283. The molecule has 1 aromatic carbocycles. The summed E-state index contributed by atoms with van der Waals surface area (Å²) in [5.41, 5.74) is 1.09. The van der Waals surface area contributed by atoms with Crippen LogP contribution >= 0.6 is 34.4 Å². The zero-order valence-electron chi connectivity index (χ0n) is 16.4. The van der Waals surface area contributed by atoms with Gasteiger partial charge in [0.15, 0.2) is 4.34 Å². The van der Waals surface area contributed by atoms with Crippen molar-refractivity contribution in [3.05, 3.63) is 52.2 Å². The molecule has 7 nitrogen and oxygen atoms in total. The van der Waals surface area contributed by atoms with E-state index in [1.807, 2.05) is 13.0 Å². The van der Waals surface area contributed by atoms with Crippen LogP contribution in [0.2, 0.25) is 0 Å². The molecule has 2 N–H and O–H groups in total. The van der Waals surface area contributed by atoms with Crippen LogP contribution in [0.4, 0.5) is 10.8 Å². The van der Waals surface area contributed by atoms with Gasteiger partial charge in [-0.25, -0.2) is 4.79 Å². The van der Waals surface area contributed by atoms with Crippen molar-refractivity contribution in [2.24, 2.45) is 0 Å². The Morgan fingerprint density at radius 2 is 2.00 bits per heavy atom. The van der Waals surface area contributed by atoms with Crippen molar-refractivity contribution in [2.45, 2.75) is 24.1 Å². The quantitative estimate of drug-likeness (QED) is 0.319. The number of thioether (sulfide) groups is 1. The molecule has 0 atom stereocenters. The maximum Gasteiger partial charge on any atom is 0.338 e. The highest BCUT2D eigenvalue weighted by molar-refractivity contribution is 8.01. The standard InChI is InChI=1S/C20H22N4O3S3/c1-2-11-27-18(26)14-5-7-15(8-6-14)22-17(25)13-29-20-24-23-19(30-20)21-10-9-16-4-3-12-28-16/h3-8,12H,2,9-11,13H2,1H3,(H,21,23)(H,22,25). The Bertz CT molecular complexity index is 943. The van der Waals surface area contributed by atoms with Crippen molar-refractivity contribution in [1.29, 1.82) is 0 Å². The highest BCUT2D eigenvalue weighted by Crippen LogP contribution is 2.25. The average molecular weight is 463 g/mol. The van der Waals surface area contributed by atoms with E-state index in [0.29, 0.717) is 17.9 Å². The molecule has 0 radical (unpaired) electrons. The Morgan fingerprint density at radius 3 is 2.73 bits per heavy atom. The first-order chi connectivity index (χ1) is 14.6. The second-order valence-corrected chi connectivity index (χ2v) is 9.41. The number of nitrogens with one attached hydrogen (secondary N) is 2. The largest absolute Gasteiger partial charge is 0.462 e. The van der Waals surface area contributed by atoms with Crippen LogP contribution in [-0.4, -0.2) is 41.0 Å². The fourth-order valence-corrected chi connectivity index (χ4v) is 4.67. The smallest absolute Gasteiger partial charge is 0.338 e. The van der Waals surface area contributed by atoms with Gasteiger partial charge in [0.05, 0.1) is 17.9 Å². The topological polar surface area (TPSA) is 93.2 Å².